The number of nitrogens with one attached hydrogen (secondary N) is 1. The van der Waals surface area contributed by atoms with E-state index in [1.807, 2.05) is 12.1 Å². The Bertz CT molecular complexity index is 472. The first kappa shape index (κ1) is 15.4. The molecule has 1 aliphatic heterocycles. The summed E-state index contributed by atoms with van der Waals surface area (Å²) in [5.41, 5.74) is 6.40. The summed E-state index contributed by atoms with van der Waals surface area (Å²) in [6.45, 7) is 3.84. The highest BCUT2D eigenvalue weighted by Gasteiger charge is 2.21. The Morgan fingerprint density at radius 1 is 1.19 bits per heavy atom. The predicted molar refractivity (Wildman–Crippen MR) is 78.2 cm³/mol. The van der Waals surface area contributed by atoms with Gasteiger partial charge in [0.1, 0.15) is 0 Å². The molecule has 114 valence electrons. The van der Waals surface area contributed by atoms with Gasteiger partial charge in [0.15, 0.2) is 0 Å². The van der Waals surface area contributed by atoms with E-state index < -0.39 is 0 Å². The number of hydrogen-bond donors (Lipinski definition) is 2. The van der Waals surface area contributed by atoms with Crippen molar-refractivity contribution in [1.29, 1.82) is 0 Å². The van der Waals surface area contributed by atoms with Crippen molar-refractivity contribution in [3.63, 3.8) is 0 Å². The third kappa shape index (κ3) is 4.80. The zero-order chi connectivity index (χ0) is 15.1. The standard InChI is InChI=1S/C14H21N5O2/c15-9-13(20)17-10-14(21)19-7-5-18(6-8-19)11-12-1-3-16-4-2-12/h1-4H,5-11,15H2,(H,17,20). The summed E-state index contributed by atoms with van der Waals surface area (Å²) >= 11 is 0. The number of piperazine rings is 1. The second kappa shape index (κ2) is 7.70. The average molecular weight is 291 g/mol. The van der Waals surface area contributed by atoms with E-state index in [9.17, 15) is 9.59 Å². The Kier molecular flexibility index (Phi) is 5.65. The van der Waals surface area contributed by atoms with Crippen LogP contribution in [0.5, 0.6) is 0 Å². The smallest absolute Gasteiger partial charge is 0.242 e. The number of nitrogens with zero attached hydrogens (tertiary/aromatic N) is 3. The molecule has 2 heterocycles. The summed E-state index contributed by atoms with van der Waals surface area (Å²) in [7, 11) is 0. The third-order valence-electron chi connectivity index (χ3n) is 3.50. The molecule has 2 rings (SSSR count). The molecular weight excluding hydrogens is 270 g/mol. The summed E-state index contributed by atoms with van der Waals surface area (Å²) in [6.07, 6.45) is 3.57. The van der Waals surface area contributed by atoms with Crippen LogP contribution in [0.2, 0.25) is 0 Å². The third-order valence-corrected chi connectivity index (χ3v) is 3.50. The Labute approximate surface area is 124 Å². The minimum absolute atomic E-state index is 0.0282. The van der Waals surface area contributed by atoms with E-state index in [1.54, 1.807) is 17.3 Å². The van der Waals surface area contributed by atoms with E-state index in [4.69, 9.17) is 5.73 Å². The Balaban J connectivity index is 1.72. The summed E-state index contributed by atoms with van der Waals surface area (Å²) in [5.74, 6) is -0.361. The Hall–Kier alpha value is -1.99. The highest BCUT2D eigenvalue weighted by Crippen LogP contribution is 2.07. The molecule has 2 amide bonds. The van der Waals surface area contributed by atoms with Crippen LogP contribution in [-0.4, -0.2) is 65.9 Å². The molecule has 0 aromatic carbocycles. The minimum atomic E-state index is -0.306. The highest BCUT2D eigenvalue weighted by atomic mass is 16.2. The van der Waals surface area contributed by atoms with Crippen LogP contribution >= 0.6 is 0 Å². The van der Waals surface area contributed by atoms with Crippen LogP contribution < -0.4 is 11.1 Å². The lowest BCUT2D eigenvalue weighted by Gasteiger charge is -2.34. The van der Waals surface area contributed by atoms with E-state index in [-0.39, 0.29) is 24.9 Å². The lowest BCUT2D eigenvalue weighted by molar-refractivity contribution is -0.134. The van der Waals surface area contributed by atoms with Gasteiger partial charge in [-0.2, -0.15) is 0 Å². The van der Waals surface area contributed by atoms with Crippen LogP contribution in [0.4, 0.5) is 0 Å². The van der Waals surface area contributed by atoms with Gasteiger partial charge in [0, 0.05) is 45.1 Å². The monoisotopic (exact) mass is 291 g/mol. The molecule has 1 aliphatic rings. The highest BCUT2D eigenvalue weighted by molar-refractivity contribution is 5.85. The molecule has 1 aromatic rings. The first-order valence-electron chi connectivity index (χ1n) is 7.05. The Morgan fingerprint density at radius 3 is 2.48 bits per heavy atom. The van der Waals surface area contributed by atoms with Crippen LogP contribution in [-0.2, 0) is 16.1 Å². The number of carbonyl (C=O) groups excluding carboxylic acids is 2. The number of aromatic nitrogens is 1. The van der Waals surface area contributed by atoms with Crippen LogP contribution in [0, 0.1) is 0 Å². The van der Waals surface area contributed by atoms with Crippen molar-refractivity contribution in [3.8, 4) is 0 Å². The Morgan fingerprint density at radius 2 is 1.86 bits per heavy atom. The maximum Gasteiger partial charge on any atom is 0.242 e. The molecule has 1 aromatic heterocycles. The van der Waals surface area contributed by atoms with Crippen molar-refractivity contribution in [1.82, 2.24) is 20.1 Å². The predicted octanol–water partition coefficient (Wildman–Crippen LogP) is -1.20. The number of amides is 2. The second-order valence-corrected chi connectivity index (χ2v) is 4.99. The molecule has 0 atom stereocenters. The van der Waals surface area contributed by atoms with Crippen LogP contribution in [0.1, 0.15) is 5.56 Å². The quantitative estimate of drug-likeness (QED) is 0.711. The molecule has 0 aliphatic carbocycles. The van der Waals surface area contributed by atoms with Crippen molar-refractivity contribution in [2.75, 3.05) is 39.3 Å². The SMILES string of the molecule is NCC(=O)NCC(=O)N1CCN(Cc2ccncc2)CC1. The van der Waals surface area contributed by atoms with Gasteiger partial charge in [0.25, 0.3) is 0 Å². The van der Waals surface area contributed by atoms with Crippen molar-refractivity contribution in [3.05, 3.63) is 30.1 Å². The molecule has 0 unspecified atom stereocenters. The van der Waals surface area contributed by atoms with Crippen molar-refractivity contribution < 1.29 is 9.59 Å². The molecule has 0 bridgehead atoms. The maximum atomic E-state index is 11.9. The van der Waals surface area contributed by atoms with E-state index in [1.165, 1.54) is 5.56 Å². The largest absolute Gasteiger partial charge is 0.346 e. The van der Waals surface area contributed by atoms with Gasteiger partial charge >= 0.3 is 0 Å². The number of pyridine rings is 1. The van der Waals surface area contributed by atoms with Gasteiger partial charge in [-0.25, -0.2) is 0 Å². The average Bonchev–Trinajstić information content (AvgIpc) is 2.54. The van der Waals surface area contributed by atoms with Gasteiger partial charge in [0.05, 0.1) is 13.1 Å². The number of carbonyl (C=O) groups is 2. The molecule has 1 saturated heterocycles. The molecule has 0 radical (unpaired) electrons. The lowest BCUT2D eigenvalue weighted by Crippen LogP contribution is -2.51. The van der Waals surface area contributed by atoms with Gasteiger partial charge in [-0.15, -0.1) is 0 Å². The van der Waals surface area contributed by atoms with Gasteiger partial charge < -0.3 is 16.0 Å². The molecule has 3 N–H and O–H groups in total. The second-order valence-electron chi connectivity index (χ2n) is 4.99. The zero-order valence-corrected chi connectivity index (χ0v) is 12.0. The van der Waals surface area contributed by atoms with Crippen molar-refractivity contribution >= 4 is 11.8 Å². The normalized spacial score (nSPS) is 15.8. The molecule has 1 fully saturated rings. The van der Waals surface area contributed by atoms with E-state index >= 15 is 0 Å². The van der Waals surface area contributed by atoms with E-state index in [2.05, 4.69) is 15.2 Å². The molecule has 7 heteroatoms. The molecular formula is C14H21N5O2. The van der Waals surface area contributed by atoms with Gasteiger partial charge in [0.2, 0.25) is 11.8 Å². The van der Waals surface area contributed by atoms with Gasteiger partial charge in [-0.1, -0.05) is 0 Å². The molecule has 0 saturated carbocycles. The number of rotatable bonds is 5. The minimum Gasteiger partial charge on any atom is -0.346 e. The summed E-state index contributed by atoms with van der Waals surface area (Å²) < 4.78 is 0. The van der Waals surface area contributed by atoms with Gasteiger partial charge in [-0.3, -0.25) is 19.5 Å². The topological polar surface area (TPSA) is 91.6 Å². The van der Waals surface area contributed by atoms with Crippen LogP contribution in [0.15, 0.2) is 24.5 Å². The molecule has 0 spiro atoms. The lowest BCUT2D eigenvalue weighted by atomic mass is 10.2. The van der Waals surface area contributed by atoms with Crippen molar-refractivity contribution in [2.45, 2.75) is 6.54 Å². The number of hydrogen-bond acceptors (Lipinski definition) is 5. The first-order chi connectivity index (χ1) is 10.2. The maximum absolute atomic E-state index is 11.9. The fourth-order valence-corrected chi connectivity index (χ4v) is 2.26. The number of nitrogens with two attached hydrogens (primary N) is 1. The van der Waals surface area contributed by atoms with Gasteiger partial charge in [-0.05, 0) is 17.7 Å². The summed E-state index contributed by atoms with van der Waals surface area (Å²) in [6, 6.07) is 4.00. The molecule has 21 heavy (non-hydrogen) atoms. The van der Waals surface area contributed by atoms with Crippen LogP contribution in [0.25, 0.3) is 0 Å². The fraction of sp³-hybridized carbons (Fsp3) is 0.500. The van der Waals surface area contributed by atoms with E-state index in [0.717, 1.165) is 19.6 Å². The summed E-state index contributed by atoms with van der Waals surface area (Å²) in [5, 5.41) is 2.50. The van der Waals surface area contributed by atoms with Crippen molar-refractivity contribution in [2.24, 2.45) is 5.73 Å². The van der Waals surface area contributed by atoms with E-state index in [0.29, 0.717) is 13.1 Å². The molecule has 7 nitrogen and oxygen atoms in total. The first-order valence-corrected chi connectivity index (χ1v) is 7.05. The summed E-state index contributed by atoms with van der Waals surface area (Å²) in [4.78, 5) is 31.0. The zero-order valence-electron chi connectivity index (χ0n) is 12.0. The fourth-order valence-electron chi connectivity index (χ4n) is 2.26. The van der Waals surface area contributed by atoms with Crippen LogP contribution in [0.3, 0.4) is 0 Å².